The third kappa shape index (κ3) is 3.37. The van der Waals surface area contributed by atoms with Crippen LogP contribution in [0.15, 0.2) is 30.3 Å². The Balaban J connectivity index is 2.19. The van der Waals surface area contributed by atoms with Gasteiger partial charge in [-0.05, 0) is 25.5 Å². The SMILES string of the molecule is Cc1ccc(/C=C\C(=O)c2sc(C(N)=S)nc2C)cc1. The van der Waals surface area contributed by atoms with Crippen molar-refractivity contribution < 1.29 is 4.79 Å². The largest absolute Gasteiger partial charge is 0.387 e. The van der Waals surface area contributed by atoms with Crippen molar-refractivity contribution in [2.75, 3.05) is 0 Å². The number of carbonyl (C=O) groups is 1. The van der Waals surface area contributed by atoms with Gasteiger partial charge in [0.15, 0.2) is 10.8 Å². The highest BCUT2D eigenvalue weighted by atomic mass is 32.1. The van der Waals surface area contributed by atoms with E-state index in [2.05, 4.69) is 4.98 Å². The molecule has 0 aliphatic carbocycles. The van der Waals surface area contributed by atoms with E-state index < -0.39 is 0 Å². The minimum atomic E-state index is -0.0805. The number of benzene rings is 1. The number of aryl methyl sites for hydroxylation is 2. The smallest absolute Gasteiger partial charge is 0.197 e. The molecule has 0 spiro atoms. The van der Waals surface area contributed by atoms with Crippen molar-refractivity contribution in [3.63, 3.8) is 0 Å². The molecular formula is C15H14N2OS2. The first-order valence-corrected chi connectivity index (χ1v) is 7.26. The second-order valence-electron chi connectivity index (χ2n) is 4.41. The standard InChI is InChI=1S/C15H14N2OS2/c1-9-3-5-11(6-4-9)7-8-12(18)13-10(2)17-15(20-13)14(16)19/h3-8H,1-2H3,(H2,16,19)/b8-7-. The van der Waals surface area contributed by atoms with Gasteiger partial charge in [0.25, 0.3) is 0 Å². The fraction of sp³-hybridized carbons (Fsp3) is 0.133. The number of nitrogens with two attached hydrogens (primary N) is 1. The Kier molecular flexibility index (Phi) is 4.42. The summed E-state index contributed by atoms with van der Waals surface area (Å²) in [6.45, 7) is 3.81. The van der Waals surface area contributed by atoms with Crippen LogP contribution in [0.5, 0.6) is 0 Å². The van der Waals surface area contributed by atoms with E-state index in [-0.39, 0.29) is 10.8 Å². The van der Waals surface area contributed by atoms with Crippen LogP contribution in [0.4, 0.5) is 0 Å². The van der Waals surface area contributed by atoms with Gasteiger partial charge in [-0.1, -0.05) is 48.1 Å². The Labute approximate surface area is 127 Å². The number of aromatic nitrogens is 1. The fourth-order valence-electron chi connectivity index (χ4n) is 1.66. The second kappa shape index (κ2) is 6.07. The first-order chi connectivity index (χ1) is 9.47. The maximum absolute atomic E-state index is 12.1. The van der Waals surface area contributed by atoms with Gasteiger partial charge < -0.3 is 5.73 Å². The van der Waals surface area contributed by atoms with Gasteiger partial charge in [0, 0.05) is 0 Å². The van der Waals surface area contributed by atoms with Crippen molar-refractivity contribution in [1.82, 2.24) is 4.98 Å². The van der Waals surface area contributed by atoms with Crippen LogP contribution in [-0.4, -0.2) is 15.8 Å². The van der Waals surface area contributed by atoms with Crippen molar-refractivity contribution in [3.8, 4) is 0 Å². The molecule has 1 heterocycles. The molecule has 0 saturated carbocycles. The van der Waals surface area contributed by atoms with E-state index in [0.717, 1.165) is 5.56 Å². The molecule has 0 atom stereocenters. The van der Waals surface area contributed by atoms with Crippen LogP contribution in [0, 0.1) is 13.8 Å². The first kappa shape index (κ1) is 14.6. The Bertz CT molecular complexity index is 684. The molecule has 0 radical (unpaired) electrons. The average molecular weight is 302 g/mol. The third-order valence-corrected chi connectivity index (χ3v) is 4.26. The molecule has 20 heavy (non-hydrogen) atoms. The average Bonchev–Trinajstić information content (AvgIpc) is 2.80. The molecule has 2 aromatic rings. The summed E-state index contributed by atoms with van der Waals surface area (Å²) < 4.78 is 0. The quantitative estimate of drug-likeness (QED) is 0.535. The van der Waals surface area contributed by atoms with Crippen LogP contribution in [0.3, 0.4) is 0 Å². The van der Waals surface area contributed by atoms with E-state index >= 15 is 0 Å². The lowest BCUT2D eigenvalue weighted by molar-refractivity contribution is 0.105. The number of thiocarbonyl (C=S) groups is 1. The third-order valence-electron chi connectivity index (χ3n) is 2.74. The predicted molar refractivity (Wildman–Crippen MR) is 87.3 cm³/mol. The van der Waals surface area contributed by atoms with E-state index in [1.165, 1.54) is 16.9 Å². The van der Waals surface area contributed by atoms with Crippen LogP contribution in [0.25, 0.3) is 6.08 Å². The highest BCUT2D eigenvalue weighted by Gasteiger charge is 2.14. The molecule has 2 rings (SSSR count). The van der Waals surface area contributed by atoms with Crippen LogP contribution < -0.4 is 5.73 Å². The molecule has 0 amide bonds. The summed E-state index contributed by atoms with van der Waals surface area (Å²) in [5.74, 6) is -0.0805. The van der Waals surface area contributed by atoms with E-state index in [4.69, 9.17) is 18.0 Å². The molecule has 0 unspecified atom stereocenters. The van der Waals surface area contributed by atoms with Gasteiger partial charge in [0.2, 0.25) is 0 Å². The van der Waals surface area contributed by atoms with Crippen LogP contribution in [-0.2, 0) is 0 Å². The van der Waals surface area contributed by atoms with E-state index in [1.807, 2.05) is 31.2 Å². The molecular weight excluding hydrogens is 288 g/mol. The van der Waals surface area contributed by atoms with Gasteiger partial charge in [-0.2, -0.15) is 0 Å². The monoisotopic (exact) mass is 302 g/mol. The van der Waals surface area contributed by atoms with Crippen molar-refractivity contribution in [3.05, 3.63) is 57.0 Å². The summed E-state index contributed by atoms with van der Waals surface area (Å²) >= 11 is 6.11. The van der Waals surface area contributed by atoms with Gasteiger partial charge in [0.05, 0.1) is 10.6 Å². The summed E-state index contributed by atoms with van der Waals surface area (Å²) in [6, 6.07) is 7.96. The van der Waals surface area contributed by atoms with Crippen molar-refractivity contribution in [2.24, 2.45) is 5.73 Å². The Morgan fingerprint density at radius 3 is 2.50 bits per heavy atom. The summed E-state index contributed by atoms with van der Waals surface area (Å²) in [4.78, 5) is 17.1. The molecule has 102 valence electrons. The van der Waals surface area contributed by atoms with Crippen molar-refractivity contribution >= 4 is 40.4 Å². The van der Waals surface area contributed by atoms with Gasteiger partial charge in [-0.15, -0.1) is 11.3 Å². The fourth-order valence-corrected chi connectivity index (χ4v) is 2.66. The van der Waals surface area contributed by atoms with E-state index in [0.29, 0.717) is 15.6 Å². The summed E-state index contributed by atoms with van der Waals surface area (Å²) in [7, 11) is 0. The first-order valence-electron chi connectivity index (χ1n) is 6.03. The Morgan fingerprint density at radius 2 is 1.95 bits per heavy atom. The summed E-state index contributed by atoms with van der Waals surface area (Å²) in [5.41, 5.74) is 8.36. The minimum absolute atomic E-state index is 0.0805. The van der Waals surface area contributed by atoms with Gasteiger partial charge in [0.1, 0.15) is 4.99 Å². The van der Waals surface area contributed by atoms with Crippen LogP contribution in [0.2, 0.25) is 0 Å². The van der Waals surface area contributed by atoms with Gasteiger partial charge in [-0.25, -0.2) is 4.98 Å². The molecule has 2 N–H and O–H groups in total. The zero-order valence-corrected chi connectivity index (χ0v) is 12.8. The summed E-state index contributed by atoms with van der Waals surface area (Å²) in [6.07, 6.45) is 3.34. The topological polar surface area (TPSA) is 56.0 Å². The second-order valence-corrected chi connectivity index (χ2v) is 5.84. The molecule has 0 fully saturated rings. The van der Waals surface area contributed by atoms with E-state index in [1.54, 1.807) is 19.1 Å². The maximum Gasteiger partial charge on any atom is 0.197 e. The highest BCUT2D eigenvalue weighted by molar-refractivity contribution is 7.81. The van der Waals surface area contributed by atoms with Gasteiger partial charge >= 0.3 is 0 Å². The number of thiazole rings is 1. The number of hydrogen-bond donors (Lipinski definition) is 1. The molecule has 5 heteroatoms. The van der Waals surface area contributed by atoms with E-state index in [9.17, 15) is 4.79 Å². The van der Waals surface area contributed by atoms with Crippen molar-refractivity contribution in [2.45, 2.75) is 13.8 Å². The Morgan fingerprint density at radius 1 is 1.30 bits per heavy atom. The normalized spacial score (nSPS) is 10.9. The number of rotatable bonds is 4. The number of nitrogens with zero attached hydrogens (tertiary/aromatic N) is 1. The molecule has 1 aromatic heterocycles. The minimum Gasteiger partial charge on any atom is -0.387 e. The number of carbonyl (C=O) groups excluding carboxylic acids is 1. The molecule has 0 aliphatic rings. The number of ketones is 1. The Hall–Kier alpha value is -1.85. The van der Waals surface area contributed by atoms with Gasteiger partial charge in [-0.3, -0.25) is 4.79 Å². The lowest BCUT2D eigenvalue weighted by Gasteiger charge is -1.95. The van der Waals surface area contributed by atoms with Crippen LogP contribution in [0.1, 0.15) is 31.5 Å². The maximum atomic E-state index is 12.1. The van der Waals surface area contributed by atoms with Crippen LogP contribution >= 0.6 is 23.6 Å². The lowest BCUT2D eigenvalue weighted by atomic mass is 10.1. The van der Waals surface area contributed by atoms with Crippen molar-refractivity contribution in [1.29, 1.82) is 0 Å². The zero-order valence-electron chi connectivity index (χ0n) is 11.2. The summed E-state index contributed by atoms with van der Waals surface area (Å²) in [5, 5.41) is 0.532. The number of hydrogen-bond acceptors (Lipinski definition) is 4. The predicted octanol–water partition coefficient (Wildman–Crippen LogP) is 3.29. The molecule has 0 saturated heterocycles. The molecule has 3 nitrogen and oxygen atoms in total. The molecule has 0 aliphatic heterocycles. The number of allylic oxidation sites excluding steroid dienone is 1. The lowest BCUT2D eigenvalue weighted by Crippen LogP contribution is -2.08. The zero-order chi connectivity index (χ0) is 14.7. The molecule has 1 aromatic carbocycles. The molecule has 0 bridgehead atoms. The highest BCUT2D eigenvalue weighted by Crippen LogP contribution is 2.19.